The molecule has 2 aliphatic heterocycles. The first-order valence-electron chi connectivity index (χ1n) is 7.82. The van der Waals surface area contributed by atoms with Crippen LogP contribution in [0.5, 0.6) is 11.5 Å². The fourth-order valence-electron chi connectivity index (χ4n) is 3.18. The maximum Gasteiger partial charge on any atom is 0.323 e. The average Bonchev–Trinajstić information content (AvgIpc) is 3.19. The highest BCUT2D eigenvalue weighted by molar-refractivity contribution is 7.89. The van der Waals surface area contributed by atoms with Gasteiger partial charge in [-0.1, -0.05) is 0 Å². The summed E-state index contributed by atoms with van der Waals surface area (Å²) in [6.07, 6.45) is 0. The van der Waals surface area contributed by atoms with Gasteiger partial charge in [-0.2, -0.15) is 4.31 Å². The van der Waals surface area contributed by atoms with Crippen LogP contribution in [-0.2, 0) is 27.9 Å². The van der Waals surface area contributed by atoms with E-state index in [2.05, 4.69) is 10.2 Å². The van der Waals surface area contributed by atoms with Gasteiger partial charge in [0.1, 0.15) is 17.7 Å². The van der Waals surface area contributed by atoms with Crippen molar-refractivity contribution in [3.05, 3.63) is 29.3 Å². The Morgan fingerprint density at radius 3 is 2.62 bits per heavy atom. The van der Waals surface area contributed by atoms with Crippen molar-refractivity contribution in [3.63, 3.8) is 0 Å². The lowest BCUT2D eigenvalue weighted by atomic mass is 10.2. The van der Waals surface area contributed by atoms with Crippen LogP contribution >= 0.6 is 0 Å². The monoisotopic (exact) mass is 380 g/mol. The summed E-state index contributed by atoms with van der Waals surface area (Å²) < 4.78 is 39.6. The molecule has 26 heavy (non-hydrogen) atoms. The summed E-state index contributed by atoms with van der Waals surface area (Å²) in [5.74, 6) is 0.498. The molecule has 1 aromatic heterocycles. The summed E-state index contributed by atoms with van der Waals surface area (Å²) in [5, 5.41) is 17.5. The summed E-state index contributed by atoms with van der Waals surface area (Å²) in [6.45, 7) is 3.12. The minimum atomic E-state index is -4.11. The smallest absolute Gasteiger partial charge is 0.323 e. The summed E-state index contributed by atoms with van der Waals surface area (Å²) in [6, 6.07) is 1.69. The van der Waals surface area contributed by atoms with Crippen LogP contribution < -0.4 is 9.47 Å². The number of aromatic nitrogens is 3. The summed E-state index contributed by atoms with van der Waals surface area (Å²) in [4.78, 5) is 11.7. The van der Waals surface area contributed by atoms with Gasteiger partial charge in [-0.3, -0.25) is 4.79 Å². The summed E-state index contributed by atoms with van der Waals surface area (Å²) >= 11 is 0. The predicted octanol–water partition coefficient (Wildman–Crippen LogP) is 0.281. The van der Waals surface area contributed by atoms with Gasteiger partial charge < -0.3 is 19.1 Å². The van der Waals surface area contributed by atoms with E-state index in [1.807, 2.05) is 0 Å². The van der Waals surface area contributed by atoms with E-state index in [1.165, 1.54) is 6.07 Å². The molecule has 0 saturated heterocycles. The van der Waals surface area contributed by atoms with E-state index in [-0.39, 0.29) is 24.8 Å². The number of aryl methyl sites for hydroxylation is 2. The van der Waals surface area contributed by atoms with Crippen LogP contribution in [0.3, 0.4) is 0 Å². The molecule has 0 radical (unpaired) electrons. The van der Waals surface area contributed by atoms with E-state index in [0.29, 0.717) is 28.7 Å². The van der Waals surface area contributed by atoms with Gasteiger partial charge in [-0.25, -0.2) is 8.42 Å². The van der Waals surface area contributed by atoms with E-state index < -0.39 is 22.0 Å². The number of aliphatic carboxylic acids is 1. The zero-order chi connectivity index (χ0) is 18.6. The van der Waals surface area contributed by atoms with Crippen LogP contribution in [0, 0.1) is 13.8 Å². The van der Waals surface area contributed by atoms with Crippen molar-refractivity contribution in [1.29, 1.82) is 0 Å². The van der Waals surface area contributed by atoms with Crippen molar-refractivity contribution in [3.8, 4) is 11.5 Å². The van der Waals surface area contributed by atoms with Crippen molar-refractivity contribution in [2.24, 2.45) is 0 Å². The third-order valence-corrected chi connectivity index (χ3v) is 6.55. The highest BCUT2D eigenvalue weighted by Crippen LogP contribution is 2.38. The second-order valence-electron chi connectivity index (χ2n) is 6.15. The van der Waals surface area contributed by atoms with Crippen molar-refractivity contribution in [1.82, 2.24) is 19.1 Å². The third kappa shape index (κ3) is 2.42. The molecule has 0 bridgehead atoms. The van der Waals surface area contributed by atoms with Crippen LogP contribution in [0.15, 0.2) is 17.0 Å². The number of rotatable bonds is 3. The lowest BCUT2D eigenvalue weighted by molar-refractivity contribution is -0.142. The Hall–Kier alpha value is -2.66. The maximum absolute atomic E-state index is 13.2. The van der Waals surface area contributed by atoms with Crippen LogP contribution in [0.25, 0.3) is 0 Å². The van der Waals surface area contributed by atoms with Gasteiger partial charge in [0, 0.05) is 6.07 Å². The maximum atomic E-state index is 13.2. The van der Waals surface area contributed by atoms with Crippen molar-refractivity contribution >= 4 is 16.0 Å². The van der Waals surface area contributed by atoms with Crippen molar-refractivity contribution in [2.45, 2.75) is 37.9 Å². The molecule has 1 N–H and O–H groups in total. The van der Waals surface area contributed by atoms with Gasteiger partial charge in [-0.05, 0) is 25.5 Å². The number of carboxylic acids is 1. The molecule has 1 atom stereocenters. The number of hydrogen-bond acceptors (Lipinski definition) is 7. The van der Waals surface area contributed by atoms with Gasteiger partial charge in [0.25, 0.3) is 0 Å². The molecule has 0 aliphatic carbocycles. The first-order valence-corrected chi connectivity index (χ1v) is 9.26. The summed E-state index contributed by atoms with van der Waals surface area (Å²) in [5.41, 5.74) is 0.446. The fraction of sp³-hybridized carbons (Fsp3) is 0.400. The van der Waals surface area contributed by atoms with E-state index in [4.69, 9.17) is 9.47 Å². The van der Waals surface area contributed by atoms with Gasteiger partial charge in [0.15, 0.2) is 11.5 Å². The molecule has 10 nitrogen and oxygen atoms in total. The Morgan fingerprint density at radius 1 is 1.23 bits per heavy atom. The normalized spacial score (nSPS) is 19.4. The Labute approximate surface area is 149 Å². The quantitative estimate of drug-likeness (QED) is 0.805. The number of carbonyl (C=O) groups is 1. The lowest BCUT2D eigenvalue weighted by Crippen LogP contribution is -2.50. The van der Waals surface area contributed by atoms with E-state index in [1.54, 1.807) is 24.5 Å². The highest BCUT2D eigenvalue weighted by atomic mass is 32.2. The third-order valence-electron chi connectivity index (χ3n) is 4.55. The molecule has 0 saturated carbocycles. The molecular formula is C15H16N4O6S. The molecule has 0 spiro atoms. The SMILES string of the molecule is Cc1cc2c(cc1S(=O)(=O)N1Cc3nnc(C)n3CC1C(=O)O)OCO2. The largest absolute Gasteiger partial charge is 0.480 e. The molecular weight excluding hydrogens is 364 g/mol. The van der Waals surface area contributed by atoms with E-state index >= 15 is 0 Å². The van der Waals surface area contributed by atoms with Gasteiger partial charge in [0.2, 0.25) is 16.8 Å². The van der Waals surface area contributed by atoms with E-state index in [0.717, 1.165) is 4.31 Å². The van der Waals surface area contributed by atoms with Crippen LogP contribution in [0.1, 0.15) is 17.2 Å². The number of benzene rings is 1. The Kier molecular flexibility index (Phi) is 3.66. The average molecular weight is 380 g/mol. The zero-order valence-corrected chi connectivity index (χ0v) is 14.9. The second-order valence-corrected chi connectivity index (χ2v) is 8.01. The molecule has 1 unspecified atom stereocenters. The molecule has 3 heterocycles. The molecule has 138 valence electrons. The number of hydrogen-bond donors (Lipinski definition) is 1. The number of fused-ring (bicyclic) bond motifs is 2. The number of sulfonamides is 1. The minimum absolute atomic E-state index is 0.0160. The van der Waals surface area contributed by atoms with Crippen molar-refractivity contribution in [2.75, 3.05) is 6.79 Å². The van der Waals surface area contributed by atoms with Gasteiger partial charge in [-0.15, -0.1) is 10.2 Å². The van der Waals surface area contributed by atoms with E-state index in [9.17, 15) is 18.3 Å². The van der Waals surface area contributed by atoms with Crippen LogP contribution in [-0.4, -0.2) is 51.4 Å². The first-order chi connectivity index (χ1) is 12.3. The van der Waals surface area contributed by atoms with Gasteiger partial charge >= 0.3 is 5.97 Å². The Balaban J connectivity index is 1.81. The summed E-state index contributed by atoms with van der Waals surface area (Å²) in [7, 11) is -4.11. The number of carboxylic acid groups (broad SMARTS) is 1. The van der Waals surface area contributed by atoms with Crippen LogP contribution in [0.4, 0.5) is 0 Å². The zero-order valence-electron chi connectivity index (χ0n) is 14.0. The molecule has 1 aromatic carbocycles. The molecule has 0 amide bonds. The second kappa shape index (κ2) is 5.68. The number of nitrogens with zero attached hydrogens (tertiary/aromatic N) is 4. The predicted molar refractivity (Wildman–Crippen MR) is 86.2 cm³/mol. The molecule has 2 aromatic rings. The minimum Gasteiger partial charge on any atom is -0.480 e. The Bertz CT molecular complexity index is 1020. The van der Waals surface area contributed by atoms with Crippen molar-refractivity contribution < 1.29 is 27.8 Å². The number of ether oxygens (including phenoxy) is 2. The highest BCUT2D eigenvalue weighted by Gasteiger charge is 2.42. The lowest BCUT2D eigenvalue weighted by Gasteiger charge is -2.32. The Morgan fingerprint density at radius 2 is 1.92 bits per heavy atom. The molecule has 4 rings (SSSR count). The van der Waals surface area contributed by atoms with Crippen LogP contribution in [0.2, 0.25) is 0 Å². The first kappa shape index (κ1) is 16.8. The topological polar surface area (TPSA) is 124 Å². The standard InChI is InChI=1S/C15H16N4O6S/c1-8-3-11-12(25-7-24-11)4-13(8)26(22,23)19-6-14-17-16-9(2)18(14)5-10(19)15(20)21/h3-4,10H,5-7H2,1-2H3,(H,20,21). The molecule has 11 heteroatoms. The molecule has 0 fully saturated rings. The molecule has 2 aliphatic rings. The fourth-order valence-corrected chi connectivity index (χ4v) is 4.93. The van der Waals surface area contributed by atoms with Gasteiger partial charge in [0.05, 0.1) is 18.0 Å².